The van der Waals surface area contributed by atoms with Crippen LogP contribution in [-0.2, 0) is 0 Å². The highest BCUT2D eigenvalue weighted by Crippen LogP contribution is 2.29. The Morgan fingerprint density at radius 3 is 2.57 bits per heavy atom. The molecular formula is C22H21FN4O. The summed E-state index contributed by atoms with van der Waals surface area (Å²) >= 11 is 0. The van der Waals surface area contributed by atoms with Crippen molar-refractivity contribution in [1.29, 1.82) is 0 Å². The third-order valence-corrected chi connectivity index (χ3v) is 4.89. The third-order valence-electron chi connectivity index (χ3n) is 4.89. The van der Waals surface area contributed by atoms with Crippen molar-refractivity contribution >= 4 is 23.9 Å². The molecule has 0 spiro atoms. The molecule has 5 nitrogen and oxygen atoms in total. The van der Waals surface area contributed by atoms with Crippen LogP contribution in [0.1, 0.15) is 34.5 Å². The number of H-pyrrole nitrogens is 1. The van der Waals surface area contributed by atoms with E-state index in [9.17, 15) is 9.18 Å². The molecule has 6 heteroatoms. The molecule has 2 aromatic heterocycles. The molecule has 0 radical (unpaired) electrons. The van der Waals surface area contributed by atoms with Gasteiger partial charge in [-0.05, 0) is 54.8 Å². The fourth-order valence-corrected chi connectivity index (χ4v) is 3.44. The van der Waals surface area contributed by atoms with Gasteiger partial charge < -0.3 is 15.6 Å². The Kier molecular flexibility index (Phi) is 4.93. The highest BCUT2D eigenvalue weighted by Gasteiger charge is 2.21. The van der Waals surface area contributed by atoms with Crippen molar-refractivity contribution in [3.8, 4) is 11.3 Å². The summed E-state index contributed by atoms with van der Waals surface area (Å²) in [6, 6.07) is 11.9. The molecule has 1 aliphatic rings. The second-order valence-corrected chi connectivity index (χ2v) is 6.86. The minimum atomic E-state index is -0.435. The van der Waals surface area contributed by atoms with E-state index in [1.807, 2.05) is 24.3 Å². The standard InChI is InChI=1S/C22H21FN4O/c23-17-6-3-15(4-7-17)5-8-18-13-16(9-10-25-18)20-14-19(21(24)28)22(26-20)27-11-1-2-12-27/h3-10,13-14,26H,1-2,11-12H2,(H2,24,28)/b8-5+. The molecule has 142 valence electrons. The molecule has 1 aliphatic heterocycles. The second kappa shape index (κ2) is 7.68. The highest BCUT2D eigenvalue weighted by molar-refractivity contribution is 5.99. The van der Waals surface area contributed by atoms with Crippen LogP contribution in [0.5, 0.6) is 0 Å². The average Bonchev–Trinajstić information content (AvgIpc) is 3.37. The number of benzene rings is 1. The van der Waals surface area contributed by atoms with Crippen LogP contribution >= 0.6 is 0 Å². The number of halogens is 1. The van der Waals surface area contributed by atoms with Gasteiger partial charge >= 0.3 is 0 Å². The lowest BCUT2D eigenvalue weighted by Gasteiger charge is -2.16. The van der Waals surface area contributed by atoms with Gasteiger partial charge in [-0.25, -0.2) is 4.39 Å². The van der Waals surface area contributed by atoms with Crippen LogP contribution in [0.4, 0.5) is 10.2 Å². The third kappa shape index (κ3) is 3.81. The molecule has 3 N–H and O–H groups in total. The molecule has 1 saturated heterocycles. The number of nitrogens with zero attached hydrogens (tertiary/aromatic N) is 2. The van der Waals surface area contributed by atoms with Gasteiger partial charge in [-0.1, -0.05) is 18.2 Å². The van der Waals surface area contributed by atoms with Gasteiger partial charge in [0.15, 0.2) is 0 Å². The molecule has 1 fully saturated rings. The molecule has 3 aromatic rings. The van der Waals surface area contributed by atoms with Crippen molar-refractivity contribution in [1.82, 2.24) is 9.97 Å². The van der Waals surface area contributed by atoms with E-state index in [1.165, 1.54) is 12.1 Å². The average molecular weight is 376 g/mol. The molecule has 0 unspecified atom stereocenters. The van der Waals surface area contributed by atoms with Gasteiger partial charge in [-0.2, -0.15) is 0 Å². The van der Waals surface area contributed by atoms with E-state index >= 15 is 0 Å². The Balaban J connectivity index is 1.63. The number of nitrogens with two attached hydrogens (primary N) is 1. The number of pyridine rings is 1. The van der Waals surface area contributed by atoms with Gasteiger partial charge in [0.25, 0.3) is 5.91 Å². The smallest absolute Gasteiger partial charge is 0.252 e. The first-order chi connectivity index (χ1) is 13.6. The van der Waals surface area contributed by atoms with Crippen LogP contribution in [-0.4, -0.2) is 29.0 Å². The summed E-state index contributed by atoms with van der Waals surface area (Å²) in [6.07, 6.45) is 7.70. The maximum atomic E-state index is 13.0. The molecule has 0 aliphatic carbocycles. The fraction of sp³-hybridized carbons (Fsp3) is 0.182. The second-order valence-electron chi connectivity index (χ2n) is 6.86. The van der Waals surface area contributed by atoms with Gasteiger partial charge in [0.2, 0.25) is 0 Å². The van der Waals surface area contributed by atoms with Crippen molar-refractivity contribution in [2.24, 2.45) is 5.73 Å². The minimum absolute atomic E-state index is 0.261. The van der Waals surface area contributed by atoms with Crippen LogP contribution < -0.4 is 10.6 Å². The normalized spacial score (nSPS) is 14.1. The van der Waals surface area contributed by atoms with Crippen molar-refractivity contribution < 1.29 is 9.18 Å². The lowest BCUT2D eigenvalue weighted by Crippen LogP contribution is -2.22. The Morgan fingerprint density at radius 1 is 1.11 bits per heavy atom. The lowest BCUT2D eigenvalue weighted by molar-refractivity contribution is 0.100. The molecular weight excluding hydrogens is 355 g/mol. The fourth-order valence-electron chi connectivity index (χ4n) is 3.44. The number of amides is 1. The number of carbonyl (C=O) groups excluding carboxylic acids is 1. The molecule has 1 amide bonds. The summed E-state index contributed by atoms with van der Waals surface area (Å²) in [5, 5.41) is 0. The Labute approximate surface area is 162 Å². The zero-order valence-electron chi connectivity index (χ0n) is 15.4. The highest BCUT2D eigenvalue weighted by atomic mass is 19.1. The number of aromatic amines is 1. The minimum Gasteiger partial charge on any atom is -0.365 e. The first kappa shape index (κ1) is 18.0. The number of primary amides is 1. The molecule has 3 heterocycles. The summed E-state index contributed by atoms with van der Waals surface area (Å²) in [5.74, 6) is 0.0955. The van der Waals surface area contributed by atoms with E-state index in [1.54, 1.807) is 24.4 Å². The summed E-state index contributed by atoms with van der Waals surface area (Å²) in [6.45, 7) is 1.84. The zero-order valence-corrected chi connectivity index (χ0v) is 15.4. The SMILES string of the molecule is NC(=O)c1cc(-c2ccnc(/C=C/c3ccc(F)cc3)c2)[nH]c1N1CCCC1. The first-order valence-corrected chi connectivity index (χ1v) is 9.28. The summed E-state index contributed by atoms with van der Waals surface area (Å²) < 4.78 is 13.0. The number of hydrogen-bond donors (Lipinski definition) is 2. The molecule has 1 aromatic carbocycles. The van der Waals surface area contributed by atoms with Crippen LogP contribution in [0.3, 0.4) is 0 Å². The van der Waals surface area contributed by atoms with Crippen LogP contribution in [0.25, 0.3) is 23.4 Å². The molecule has 0 bridgehead atoms. The number of rotatable bonds is 5. The summed E-state index contributed by atoms with van der Waals surface area (Å²) in [5.41, 5.74) is 9.50. The van der Waals surface area contributed by atoms with E-state index in [2.05, 4.69) is 14.9 Å². The molecule has 28 heavy (non-hydrogen) atoms. The van der Waals surface area contributed by atoms with Crippen molar-refractivity contribution in [2.45, 2.75) is 12.8 Å². The topological polar surface area (TPSA) is 75.0 Å². The largest absolute Gasteiger partial charge is 0.365 e. The van der Waals surface area contributed by atoms with Crippen molar-refractivity contribution in [3.63, 3.8) is 0 Å². The van der Waals surface area contributed by atoms with E-state index in [4.69, 9.17) is 5.73 Å². The number of hydrogen-bond acceptors (Lipinski definition) is 3. The predicted molar refractivity (Wildman–Crippen MR) is 109 cm³/mol. The summed E-state index contributed by atoms with van der Waals surface area (Å²) in [4.78, 5) is 21.8. The van der Waals surface area contributed by atoms with Crippen molar-refractivity contribution in [3.05, 3.63) is 71.3 Å². The van der Waals surface area contributed by atoms with Gasteiger partial charge in [0.05, 0.1) is 11.3 Å². The van der Waals surface area contributed by atoms with Gasteiger partial charge in [0, 0.05) is 30.5 Å². The number of anilines is 1. The number of carbonyl (C=O) groups is 1. The molecule has 4 rings (SSSR count). The van der Waals surface area contributed by atoms with Crippen LogP contribution in [0.15, 0.2) is 48.7 Å². The maximum absolute atomic E-state index is 13.0. The van der Waals surface area contributed by atoms with Gasteiger partial charge in [-0.15, -0.1) is 0 Å². The van der Waals surface area contributed by atoms with Crippen LogP contribution in [0.2, 0.25) is 0 Å². The molecule has 0 saturated carbocycles. The molecule has 0 atom stereocenters. The number of aromatic nitrogens is 2. The van der Waals surface area contributed by atoms with Gasteiger partial charge in [0.1, 0.15) is 11.6 Å². The van der Waals surface area contributed by atoms with E-state index < -0.39 is 5.91 Å². The number of nitrogens with one attached hydrogen (secondary N) is 1. The Morgan fingerprint density at radius 2 is 1.86 bits per heavy atom. The first-order valence-electron chi connectivity index (χ1n) is 9.28. The van der Waals surface area contributed by atoms with E-state index in [-0.39, 0.29) is 5.82 Å². The lowest BCUT2D eigenvalue weighted by atomic mass is 10.1. The Bertz CT molecular complexity index is 1020. The Hall–Kier alpha value is -3.41. The van der Waals surface area contributed by atoms with Gasteiger partial charge in [-0.3, -0.25) is 9.78 Å². The monoisotopic (exact) mass is 376 g/mol. The quantitative estimate of drug-likeness (QED) is 0.704. The summed E-state index contributed by atoms with van der Waals surface area (Å²) in [7, 11) is 0. The van der Waals surface area contributed by atoms with E-state index in [0.29, 0.717) is 5.56 Å². The zero-order chi connectivity index (χ0) is 19.5. The van der Waals surface area contributed by atoms with Crippen molar-refractivity contribution in [2.75, 3.05) is 18.0 Å². The predicted octanol–water partition coefficient (Wildman–Crippen LogP) is 4.09. The van der Waals surface area contributed by atoms with Crippen LogP contribution in [0, 0.1) is 5.82 Å². The van der Waals surface area contributed by atoms with E-state index in [0.717, 1.165) is 54.3 Å². The maximum Gasteiger partial charge on any atom is 0.252 e.